The Labute approximate surface area is 204 Å². The van der Waals surface area contributed by atoms with Gasteiger partial charge >= 0.3 is 0 Å². The van der Waals surface area contributed by atoms with Gasteiger partial charge in [-0.15, -0.1) is 17.9 Å². The summed E-state index contributed by atoms with van der Waals surface area (Å²) in [5.41, 5.74) is 2.29. The summed E-state index contributed by atoms with van der Waals surface area (Å²) in [4.78, 5) is 22.0. The number of thiocarbonyl (C=S) groups is 1. The van der Waals surface area contributed by atoms with Gasteiger partial charge in [0.25, 0.3) is 11.1 Å². The number of likely N-dealkylation sites (tertiary alicyclic amines) is 1. The second-order valence-corrected chi connectivity index (χ2v) is 9.33. The third-order valence-electron chi connectivity index (χ3n) is 5.91. The highest BCUT2D eigenvalue weighted by atomic mass is 32.1. The lowest BCUT2D eigenvalue weighted by Gasteiger charge is -2.32. The topological polar surface area (TPSA) is 66.9 Å². The van der Waals surface area contributed by atoms with Crippen LogP contribution in [0.5, 0.6) is 0 Å². The van der Waals surface area contributed by atoms with Crippen LogP contribution in [0.3, 0.4) is 0 Å². The number of morpholine rings is 1. The largest absolute Gasteiger partial charge is 0.471 e. The molecule has 7 nitrogen and oxygen atoms in total. The molecule has 33 heavy (non-hydrogen) atoms. The molecule has 0 atom stereocenters. The molecule has 3 heterocycles. The molecule has 2 aliphatic rings. The summed E-state index contributed by atoms with van der Waals surface area (Å²) < 4.78 is 11.1. The van der Waals surface area contributed by atoms with E-state index in [1.165, 1.54) is 0 Å². The lowest BCUT2D eigenvalue weighted by atomic mass is 9.98. The number of benzene rings is 1. The molecule has 0 bridgehead atoms. The maximum absolute atomic E-state index is 13.0. The number of thiazole rings is 1. The molecule has 2 fully saturated rings. The molecule has 1 N–H and O–H groups in total. The fourth-order valence-electron chi connectivity index (χ4n) is 4.05. The molecule has 2 saturated heterocycles. The van der Waals surface area contributed by atoms with Crippen molar-refractivity contribution in [2.24, 2.45) is 0 Å². The number of carbonyl (C=O) groups is 1. The Morgan fingerprint density at radius 1 is 1.27 bits per heavy atom. The van der Waals surface area contributed by atoms with E-state index in [4.69, 9.17) is 21.7 Å². The molecule has 1 aromatic carbocycles. The van der Waals surface area contributed by atoms with Crippen LogP contribution in [0.4, 0.5) is 11.4 Å². The summed E-state index contributed by atoms with van der Waals surface area (Å²) in [6, 6.07) is 7.90. The van der Waals surface area contributed by atoms with E-state index in [9.17, 15) is 4.79 Å². The number of aromatic nitrogens is 1. The zero-order chi connectivity index (χ0) is 23.0. The van der Waals surface area contributed by atoms with E-state index < -0.39 is 0 Å². The van der Waals surface area contributed by atoms with Crippen molar-refractivity contribution in [1.29, 1.82) is 0 Å². The minimum atomic E-state index is -0.174. The third-order valence-corrected chi connectivity index (χ3v) is 7.29. The van der Waals surface area contributed by atoms with Crippen molar-refractivity contribution in [2.75, 3.05) is 56.2 Å². The second-order valence-electron chi connectivity index (χ2n) is 8.09. The summed E-state index contributed by atoms with van der Waals surface area (Å²) >= 11 is 6.95. The molecule has 2 aromatic rings. The standard InChI is InChI=1S/C24H30N4O3S2/c1-2-3-14-31-24(32)28-10-8-18(9-11-28)23-26-20(17-33-23)22(29)25-19-6-4-5-7-21(19)27-12-15-30-16-13-27/h2,4-7,17-18H,1,3,8-16H2,(H,25,29). The van der Waals surface area contributed by atoms with Gasteiger partial charge < -0.3 is 24.6 Å². The SMILES string of the molecule is C=CCCOC(=S)N1CCC(c2nc(C(=O)Nc3ccccc3N3CCOCC3)cs2)CC1. The summed E-state index contributed by atoms with van der Waals surface area (Å²) in [7, 11) is 0. The summed E-state index contributed by atoms with van der Waals surface area (Å²) in [5, 5.41) is 6.50. The molecular weight excluding hydrogens is 456 g/mol. The van der Waals surface area contributed by atoms with E-state index in [-0.39, 0.29) is 5.91 Å². The first-order chi connectivity index (χ1) is 16.2. The van der Waals surface area contributed by atoms with Crippen LogP contribution in [0.1, 0.15) is 40.7 Å². The van der Waals surface area contributed by atoms with Gasteiger partial charge in [0, 0.05) is 37.5 Å². The first-order valence-corrected chi connectivity index (χ1v) is 12.7. The van der Waals surface area contributed by atoms with E-state index in [1.807, 2.05) is 35.7 Å². The molecule has 1 aromatic heterocycles. The number of nitrogens with one attached hydrogen (secondary N) is 1. The van der Waals surface area contributed by atoms with Gasteiger partial charge in [-0.2, -0.15) is 0 Å². The van der Waals surface area contributed by atoms with Gasteiger partial charge in [0.05, 0.1) is 36.2 Å². The molecule has 0 radical (unpaired) electrons. The highest BCUT2D eigenvalue weighted by Crippen LogP contribution is 2.31. The number of carbonyl (C=O) groups excluding carboxylic acids is 1. The number of nitrogens with zero attached hydrogens (tertiary/aromatic N) is 3. The number of para-hydroxylation sites is 2. The Morgan fingerprint density at radius 2 is 2.03 bits per heavy atom. The molecule has 1 amide bonds. The van der Waals surface area contributed by atoms with E-state index in [1.54, 1.807) is 11.3 Å². The van der Waals surface area contributed by atoms with Gasteiger partial charge in [0.1, 0.15) is 5.69 Å². The number of hydrogen-bond donors (Lipinski definition) is 1. The number of ether oxygens (including phenoxy) is 2. The highest BCUT2D eigenvalue weighted by Gasteiger charge is 2.26. The molecule has 0 aliphatic carbocycles. The van der Waals surface area contributed by atoms with Crippen molar-refractivity contribution in [3.8, 4) is 0 Å². The Bertz CT molecular complexity index is 966. The Balaban J connectivity index is 1.33. The normalized spacial score (nSPS) is 17.0. The molecule has 176 valence electrons. The van der Waals surface area contributed by atoms with Crippen LogP contribution in [0.15, 0.2) is 42.3 Å². The van der Waals surface area contributed by atoms with Crippen LogP contribution < -0.4 is 10.2 Å². The molecule has 0 unspecified atom stereocenters. The second kappa shape index (κ2) is 11.6. The predicted octanol–water partition coefficient (Wildman–Crippen LogP) is 4.29. The number of rotatable bonds is 7. The summed E-state index contributed by atoms with van der Waals surface area (Å²) in [5.74, 6) is 0.164. The summed E-state index contributed by atoms with van der Waals surface area (Å²) in [6.45, 7) is 8.97. The van der Waals surface area contributed by atoms with E-state index >= 15 is 0 Å². The minimum Gasteiger partial charge on any atom is -0.471 e. The molecule has 0 saturated carbocycles. The van der Waals surface area contributed by atoms with Crippen LogP contribution >= 0.6 is 23.6 Å². The molecular formula is C24H30N4O3S2. The number of piperidine rings is 1. The zero-order valence-electron chi connectivity index (χ0n) is 18.7. The van der Waals surface area contributed by atoms with Crippen LogP contribution in [0, 0.1) is 0 Å². The Morgan fingerprint density at radius 3 is 2.79 bits per heavy atom. The molecule has 9 heteroatoms. The van der Waals surface area contributed by atoms with Crippen LogP contribution in [0.25, 0.3) is 0 Å². The lowest BCUT2D eigenvalue weighted by molar-refractivity contribution is 0.102. The quantitative estimate of drug-likeness (QED) is 0.356. The Kier molecular flexibility index (Phi) is 8.30. The van der Waals surface area contributed by atoms with Crippen molar-refractivity contribution in [2.45, 2.75) is 25.2 Å². The fourth-order valence-corrected chi connectivity index (χ4v) is 5.29. The number of anilines is 2. The van der Waals surface area contributed by atoms with Crippen LogP contribution in [-0.4, -0.2) is 67.0 Å². The highest BCUT2D eigenvalue weighted by molar-refractivity contribution is 7.80. The average molecular weight is 487 g/mol. The van der Waals surface area contributed by atoms with Gasteiger partial charge in [-0.25, -0.2) is 4.98 Å². The summed E-state index contributed by atoms with van der Waals surface area (Å²) in [6.07, 6.45) is 4.50. The maximum atomic E-state index is 13.0. The van der Waals surface area contributed by atoms with E-state index in [0.29, 0.717) is 36.6 Å². The maximum Gasteiger partial charge on any atom is 0.275 e. The average Bonchev–Trinajstić information content (AvgIpc) is 3.36. The molecule has 0 spiro atoms. The van der Waals surface area contributed by atoms with Crippen LogP contribution in [-0.2, 0) is 9.47 Å². The van der Waals surface area contributed by atoms with E-state index in [2.05, 4.69) is 26.7 Å². The number of hydrogen-bond acceptors (Lipinski definition) is 7. The van der Waals surface area contributed by atoms with Crippen molar-refractivity contribution >= 4 is 46.0 Å². The molecule has 4 rings (SSSR count). The lowest BCUT2D eigenvalue weighted by Crippen LogP contribution is -2.38. The van der Waals surface area contributed by atoms with E-state index in [0.717, 1.165) is 61.8 Å². The zero-order valence-corrected chi connectivity index (χ0v) is 20.3. The monoisotopic (exact) mass is 486 g/mol. The Hall–Kier alpha value is -2.49. The van der Waals surface area contributed by atoms with Gasteiger partial charge in [-0.3, -0.25) is 4.79 Å². The van der Waals surface area contributed by atoms with Crippen molar-refractivity contribution in [1.82, 2.24) is 9.88 Å². The first-order valence-electron chi connectivity index (χ1n) is 11.4. The fraction of sp³-hybridized carbons (Fsp3) is 0.458. The van der Waals surface area contributed by atoms with Gasteiger partial charge in [-0.1, -0.05) is 18.2 Å². The molecule has 2 aliphatic heterocycles. The van der Waals surface area contributed by atoms with Gasteiger partial charge in [0.2, 0.25) is 0 Å². The smallest absolute Gasteiger partial charge is 0.275 e. The van der Waals surface area contributed by atoms with Crippen molar-refractivity contribution in [3.63, 3.8) is 0 Å². The third kappa shape index (κ3) is 6.10. The predicted molar refractivity (Wildman–Crippen MR) is 136 cm³/mol. The first kappa shape index (κ1) is 23.7. The van der Waals surface area contributed by atoms with Crippen LogP contribution in [0.2, 0.25) is 0 Å². The van der Waals surface area contributed by atoms with Gasteiger partial charge in [0.15, 0.2) is 0 Å². The van der Waals surface area contributed by atoms with Crippen molar-refractivity contribution < 1.29 is 14.3 Å². The number of amides is 1. The van der Waals surface area contributed by atoms with Crippen molar-refractivity contribution in [3.05, 3.63) is 53.0 Å². The minimum absolute atomic E-state index is 0.174. The van der Waals surface area contributed by atoms with Gasteiger partial charge in [-0.05, 0) is 43.6 Å².